The standard InChI is InChI=1S/C11H11FN2O/c1-3-6-14(2)11(15)9-7-8(12)4-5-10(9)13/h1,4-5,7H,6,13H2,2H3. The Morgan fingerprint density at radius 1 is 1.67 bits per heavy atom. The summed E-state index contributed by atoms with van der Waals surface area (Å²) < 4.78 is 12.9. The zero-order chi connectivity index (χ0) is 11.4. The minimum atomic E-state index is -0.498. The SMILES string of the molecule is C#CCN(C)C(=O)c1cc(F)ccc1N. The summed E-state index contributed by atoms with van der Waals surface area (Å²) in [7, 11) is 1.53. The molecule has 0 aliphatic heterocycles. The summed E-state index contributed by atoms with van der Waals surface area (Å²) in [5, 5.41) is 0. The highest BCUT2D eigenvalue weighted by Crippen LogP contribution is 2.14. The molecule has 78 valence electrons. The van der Waals surface area contributed by atoms with E-state index in [-0.39, 0.29) is 23.7 Å². The quantitative estimate of drug-likeness (QED) is 0.582. The van der Waals surface area contributed by atoms with Crippen LogP contribution in [-0.4, -0.2) is 24.4 Å². The van der Waals surface area contributed by atoms with Crippen LogP contribution in [0.2, 0.25) is 0 Å². The summed E-state index contributed by atoms with van der Waals surface area (Å²) in [6, 6.07) is 3.66. The van der Waals surface area contributed by atoms with E-state index in [2.05, 4.69) is 5.92 Å². The topological polar surface area (TPSA) is 46.3 Å². The fraction of sp³-hybridized carbons (Fsp3) is 0.182. The highest BCUT2D eigenvalue weighted by molar-refractivity contribution is 5.99. The molecule has 2 N–H and O–H groups in total. The molecule has 0 spiro atoms. The van der Waals surface area contributed by atoms with E-state index in [1.165, 1.54) is 24.1 Å². The van der Waals surface area contributed by atoms with Crippen LogP contribution in [0.25, 0.3) is 0 Å². The maximum absolute atomic E-state index is 12.9. The number of halogens is 1. The van der Waals surface area contributed by atoms with Crippen molar-refractivity contribution in [2.24, 2.45) is 0 Å². The molecule has 0 bridgehead atoms. The Bertz CT molecular complexity index is 423. The minimum Gasteiger partial charge on any atom is -0.398 e. The van der Waals surface area contributed by atoms with E-state index in [0.717, 1.165) is 6.07 Å². The van der Waals surface area contributed by atoms with E-state index in [0.29, 0.717) is 0 Å². The van der Waals surface area contributed by atoms with Gasteiger partial charge in [0.2, 0.25) is 0 Å². The molecule has 0 aliphatic carbocycles. The first-order valence-electron chi connectivity index (χ1n) is 4.30. The van der Waals surface area contributed by atoms with E-state index >= 15 is 0 Å². The Kier molecular flexibility index (Phi) is 3.29. The van der Waals surface area contributed by atoms with Crippen molar-refractivity contribution in [1.82, 2.24) is 4.90 Å². The molecule has 15 heavy (non-hydrogen) atoms. The van der Waals surface area contributed by atoms with Gasteiger partial charge in [0.15, 0.2) is 0 Å². The van der Waals surface area contributed by atoms with Gasteiger partial charge in [-0.2, -0.15) is 0 Å². The zero-order valence-electron chi connectivity index (χ0n) is 8.33. The van der Waals surface area contributed by atoms with Crippen LogP contribution in [0.1, 0.15) is 10.4 Å². The number of nitrogens with zero attached hydrogens (tertiary/aromatic N) is 1. The molecule has 0 heterocycles. The number of hydrogen-bond acceptors (Lipinski definition) is 2. The largest absolute Gasteiger partial charge is 0.398 e. The van der Waals surface area contributed by atoms with Gasteiger partial charge in [-0.25, -0.2) is 4.39 Å². The van der Waals surface area contributed by atoms with Gasteiger partial charge in [-0.15, -0.1) is 6.42 Å². The lowest BCUT2D eigenvalue weighted by atomic mass is 10.1. The van der Waals surface area contributed by atoms with Crippen molar-refractivity contribution in [1.29, 1.82) is 0 Å². The van der Waals surface area contributed by atoms with Gasteiger partial charge in [0.1, 0.15) is 5.82 Å². The number of carbonyl (C=O) groups excluding carboxylic acids is 1. The maximum Gasteiger partial charge on any atom is 0.256 e. The summed E-state index contributed by atoms with van der Waals surface area (Å²) in [4.78, 5) is 13.0. The smallest absolute Gasteiger partial charge is 0.256 e. The van der Waals surface area contributed by atoms with Crippen molar-refractivity contribution in [3.8, 4) is 12.3 Å². The Labute approximate surface area is 87.7 Å². The van der Waals surface area contributed by atoms with Gasteiger partial charge in [0.25, 0.3) is 5.91 Å². The molecule has 0 unspecified atom stereocenters. The predicted octanol–water partition coefficient (Wildman–Crippen LogP) is 1.11. The highest BCUT2D eigenvalue weighted by Gasteiger charge is 2.14. The minimum absolute atomic E-state index is 0.132. The molecule has 0 fully saturated rings. The van der Waals surface area contributed by atoms with Gasteiger partial charge in [-0.3, -0.25) is 4.79 Å². The second-order valence-corrected chi connectivity index (χ2v) is 3.10. The first-order chi connectivity index (χ1) is 7.06. The number of amides is 1. The van der Waals surface area contributed by atoms with Gasteiger partial charge >= 0.3 is 0 Å². The summed E-state index contributed by atoms with van der Waals surface area (Å²) >= 11 is 0. The number of anilines is 1. The third-order valence-corrected chi connectivity index (χ3v) is 1.92. The van der Waals surface area contributed by atoms with Crippen molar-refractivity contribution in [3.05, 3.63) is 29.6 Å². The van der Waals surface area contributed by atoms with Crippen molar-refractivity contribution < 1.29 is 9.18 Å². The van der Waals surface area contributed by atoms with Gasteiger partial charge in [-0.1, -0.05) is 5.92 Å². The third-order valence-electron chi connectivity index (χ3n) is 1.92. The Balaban J connectivity index is 3.01. The molecule has 0 radical (unpaired) electrons. The number of rotatable bonds is 2. The zero-order valence-corrected chi connectivity index (χ0v) is 8.33. The van der Waals surface area contributed by atoms with Gasteiger partial charge in [0.05, 0.1) is 12.1 Å². The summed E-state index contributed by atoms with van der Waals surface area (Å²) in [6.45, 7) is 0.161. The molecule has 1 rings (SSSR count). The van der Waals surface area contributed by atoms with Crippen LogP contribution in [0, 0.1) is 18.2 Å². The fourth-order valence-electron chi connectivity index (χ4n) is 1.13. The molecule has 0 aliphatic rings. The normalized spacial score (nSPS) is 9.40. The van der Waals surface area contributed by atoms with Gasteiger partial charge in [-0.05, 0) is 18.2 Å². The van der Waals surface area contributed by atoms with E-state index in [4.69, 9.17) is 12.2 Å². The Hall–Kier alpha value is -2.02. The molecule has 0 aromatic heterocycles. The molecule has 0 saturated heterocycles. The summed E-state index contributed by atoms with van der Waals surface area (Å²) in [5.41, 5.74) is 5.93. The van der Waals surface area contributed by atoms with E-state index < -0.39 is 5.82 Å². The third kappa shape index (κ3) is 2.47. The van der Waals surface area contributed by atoms with Crippen molar-refractivity contribution in [3.63, 3.8) is 0 Å². The lowest BCUT2D eigenvalue weighted by Crippen LogP contribution is -2.27. The van der Waals surface area contributed by atoms with Crippen LogP contribution < -0.4 is 5.73 Å². The number of nitrogens with two attached hydrogens (primary N) is 1. The number of benzene rings is 1. The molecule has 1 aromatic carbocycles. The monoisotopic (exact) mass is 206 g/mol. The van der Waals surface area contributed by atoms with Gasteiger partial charge in [0, 0.05) is 12.7 Å². The van der Waals surface area contributed by atoms with Crippen LogP contribution in [0.15, 0.2) is 18.2 Å². The van der Waals surface area contributed by atoms with E-state index in [1.807, 2.05) is 0 Å². The van der Waals surface area contributed by atoms with Crippen molar-refractivity contribution >= 4 is 11.6 Å². The molecular weight excluding hydrogens is 195 g/mol. The summed E-state index contributed by atoms with van der Waals surface area (Å²) in [5.74, 6) is 1.44. The predicted molar refractivity (Wildman–Crippen MR) is 56.6 cm³/mol. The van der Waals surface area contributed by atoms with Crippen molar-refractivity contribution in [2.75, 3.05) is 19.3 Å². The number of carbonyl (C=O) groups is 1. The van der Waals surface area contributed by atoms with E-state index in [9.17, 15) is 9.18 Å². The van der Waals surface area contributed by atoms with Crippen LogP contribution in [0.3, 0.4) is 0 Å². The first kappa shape index (κ1) is 11.1. The lowest BCUT2D eigenvalue weighted by Gasteiger charge is -2.14. The fourth-order valence-corrected chi connectivity index (χ4v) is 1.13. The lowest BCUT2D eigenvalue weighted by molar-refractivity contribution is 0.0813. The molecular formula is C11H11FN2O. The van der Waals surface area contributed by atoms with Crippen LogP contribution >= 0.6 is 0 Å². The van der Waals surface area contributed by atoms with E-state index in [1.54, 1.807) is 0 Å². The second kappa shape index (κ2) is 4.47. The van der Waals surface area contributed by atoms with Crippen molar-refractivity contribution in [2.45, 2.75) is 0 Å². The molecule has 3 nitrogen and oxygen atoms in total. The number of hydrogen-bond donors (Lipinski definition) is 1. The average molecular weight is 206 g/mol. The van der Waals surface area contributed by atoms with Gasteiger partial charge < -0.3 is 10.6 Å². The summed E-state index contributed by atoms with van der Waals surface area (Å²) in [6.07, 6.45) is 5.06. The first-order valence-corrected chi connectivity index (χ1v) is 4.30. The Morgan fingerprint density at radius 3 is 2.93 bits per heavy atom. The molecule has 1 aromatic rings. The molecule has 0 saturated carbocycles. The molecule has 1 amide bonds. The van der Waals surface area contributed by atoms with Crippen LogP contribution in [0.4, 0.5) is 10.1 Å². The number of terminal acetylenes is 1. The number of nitrogen functional groups attached to an aromatic ring is 1. The molecule has 4 heteroatoms. The Morgan fingerprint density at radius 2 is 2.33 bits per heavy atom. The molecule has 0 atom stereocenters. The average Bonchev–Trinajstić information content (AvgIpc) is 2.21. The maximum atomic E-state index is 12.9. The second-order valence-electron chi connectivity index (χ2n) is 3.10. The van der Waals surface area contributed by atoms with Crippen LogP contribution in [-0.2, 0) is 0 Å². The highest BCUT2D eigenvalue weighted by atomic mass is 19.1. The van der Waals surface area contributed by atoms with Crippen LogP contribution in [0.5, 0.6) is 0 Å².